The van der Waals surface area contributed by atoms with Gasteiger partial charge in [-0.1, -0.05) is 43.2 Å². The lowest BCUT2D eigenvalue weighted by Crippen LogP contribution is -2.59. The van der Waals surface area contributed by atoms with Gasteiger partial charge in [-0.2, -0.15) is 11.8 Å². The Labute approximate surface area is 184 Å². The molecule has 1 aromatic rings. The van der Waals surface area contributed by atoms with Crippen LogP contribution in [-0.2, 0) is 9.59 Å². The number of rotatable bonds is 5. The van der Waals surface area contributed by atoms with E-state index in [1.807, 2.05) is 53.1 Å². The predicted molar refractivity (Wildman–Crippen MR) is 123 cm³/mol. The fourth-order valence-corrected chi connectivity index (χ4v) is 5.86. The molecule has 2 aliphatic heterocycles. The number of hydrogen-bond acceptors (Lipinski definition) is 4. The molecule has 1 atom stereocenters. The first-order valence-corrected chi connectivity index (χ1v) is 12.5. The molecule has 0 aromatic heterocycles. The van der Waals surface area contributed by atoms with Crippen LogP contribution in [0.25, 0.3) is 6.08 Å². The lowest BCUT2D eigenvalue weighted by Gasteiger charge is -2.42. The van der Waals surface area contributed by atoms with Crippen molar-refractivity contribution in [3.63, 3.8) is 0 Å². The van der Waals surface area contributed by atoms with Gasteiger partial charge in [0.25, 0.3) is 0 Å². The van der Waals surface area contributed by atoms with Gasteiger partial charge in [0.1, 0.15) is 0 Å². The average Bonchev–Trinajstić information content (AvgIpc) is 3.34. The molecule has 0 N–H and O–H groups in total. The minimum absolute atomic E-state index is 0.00714. The monoisotopic (exact) mass is 427 g/mol. The second-order valence-electron chi connectivity index (χ2n) is 8.53. The highest BCUT2D eigenvalue weighted by Gasteiger charge is 2.39. The Hall–Kier alpha value is -1.79. The van der Waals surface area contributed by atoms with E-state index in [-0.39, 0.29) is 11.9 Å². The van der Waals surface area contributed by atoms with Crippen LogP contribution in [0.4, 0.5) is 0 Å². The van der Waals surface area contributed by atoms with Crippen LogP contribution in [0.3, 0.4) is 0 Å². The Balaban J connectivity index is 1.36. The predicted octanol–water partition coefficient (Wildman–Crippen LogP) is 2.98. The van der Waals surface area contributed by atoms with Gasteiger partial charge >= 0.3 is 0 Å². The third-order valence-corrected chi connectivity index (χ3v) is 7.60. The highest BCUT2D eigenvalue weighted by Crippen LogP contribution is 2.32. The Kier molecular flexibility index (Phi) is 7.50. The topological polar surface area (TPSA) is 43.9 Å². The summed E-state index contributed by atoms with van der Waals surface area (Å²) >= 11 is 1.94. The maximum Gasteiger partial charge on any atom is 0.246 e. The van der Waals surface area contributed by atoms with E-state index in [1.54, 1.807) is 6.08 Å². The van der Waals surface area contributed by atoms with Crippen molar-refractivity contribution in [2.45, 2.75) is 31.7 Å². The SMILES string of the molecule is O=C(/C=C/c1ccccc1)N1CCN([C@@H](C(=O)N2CCSCC2)C2CCCC2)CC1. The molecule has 0 unspecified atom stereocenters. The number of carbonyl (C=O) groups excluding carboxylic acids is 2. The van der Waals surface area contributed by atoms with Gasteiger partial charge in [-0.05, 0) is 30.4 Å². The third-order valence-electron chi connectivity index (χ3n) is 6.66. The molecule has 3 fully saturated rings. The fraction of sp³-hybridized carbons (Fsp3) is 0.583. The lowest BCUT2D eigenvalue weighted by molar-refractivity contribution is -0.140. The number of thioether (sulfide) groups is 1. The zero-order chi connectivity index (χ0) is 20.8. The molecule has 2 amide bonds. The number of piperazine rings is 1. The molecule has 3 aliphatic rings. The summed E-state index contributed by atoms with van der Waals surface area (Å²) in [4.78, 5) is 32.5. The summed E-state index contributed by atoms with van der Waals surface area (Å²) in [6.07, 6.45) is 8.37. The molecule has 1 saturated carbocycles. The summed E-state index contributed by atoms with van der Waals surface area (Å²) in [6, 6.07) is 9.93. The van der Waals surface area contributed by atoms with Gasteiger partial charge in [0, 0.05) is 56.9 Å². The molecular formula is C24H33N3O2S. The zero-order valence-corrected chi connectivity index (χ0v) is 18.6. The number of nitrogens with zero attached hydrogens (tertiary/aromatic N) is 3. The van der Waals surface area contributed by atoms with Crippen LogP contribution >= 0.6 is 11.8 Å². The van der Waals surface area contributed by atoms with E-state index in [9.17, 15) is 9.59 Å². The number of amides is 2. The van der Waals surface area contributed by atoms with Crippen molar-refractivity contribution in [1.29, 1.82) is 0 Å². The molecule has 0 bridgehead atoms. The molecule has 6 heteroatoms. The van der Waals surface area contributed by atoms with Crippen LogP contribution in [0, 0.1) is 5.92 Å². The number of benzene rings is 1. The standard InChI is InChI=1S/C24H33N3O2S/c28-22(11-10-20-6-2-1-3-7-20)25-12-14-26(15-13-25)23(21-8-4-5-9-21)24(29)27-16-18-30-19-17-27/h1-3,6-7,10-11,21,23H,4-5,8-9,12-19H2/b11-10+/t23-/m1/s1. The molecule has 1 aliphatic carbocycles. The van der Waals surface area contributed by atoms with Gasteiger partial charge < -0.3 is 9.80 Å². The molecule has 2 heterocycles. The molecular weight excluding hydrogens is 394 g/mol. The summed E-state index contributed by atoms with van der Waals surface area (Å²) in [5, 5.41) is 0. The Morgan fingerprint density at radius 2 is 1.57 bits per heavy atom. The van der Waals surface area contributed by atoms with E-state index in [0.29, 0.717) is 24.9 Å². The zero-order valence-electron chi connectivity index (χ0n) is 17.7. The van der Waals surface area contributed by atoms with E-state index < -0.39 is 0 Å². The largest absolute Gasteiger partial charge is 0.340 e. The smallest absolute Gasteiger partial charge is 0.246 e. The molecule has 162 valence electrons. The Morgan fingerprint density at radius 3 is 2.23 bits per heavy atom. The number of carbonyl (C=O) groups is 2. The van der Waals surface area contributed by atoms with Crippen LogP contribution < -0.4 is 0 Å². The average molecular weight is 428 g/mol. The number of hydrogen-bond donors (Lipinski definition) is 0. The van der Waals surface area contributed by atoms with Crippen molar-refractivity contribution in [3.05, 3.63) is 42.0 Å². The summed E-state index contributed by atoms with van der Waals surface area (Å²) in [6.45, 7) is 4.75. The third kappa shape index (κ3) is 5.27. The van der Waals surface area contributed by atoms with E-state index >= 15 is 0 Å². The van der Waals surface area contributed by atoms with Crippen LogP contribution in [0.15, 0.2) is 36.4 Å². The maximum atomic E-state index is 13.4. The quantitative estimate of drug-likeness (QED) is 0.678. The summed E-state index contributed by atoms with van der Waals surface area (Å²) in [5.74, 6) is 2.99. The molecule has 0 radical (unpaired) electrons. The van der Waals surface area contributed by atoms with Gasteiger partial charge in [-0.3, -0.25) is 14.5 Å². The molecule has 30 heavy (non-hydrogen) atoms. The van der Waals surface area contributed by atoms with E-state index in [1.165, 1.54) is 12.8 Å². The van der Waals surface area contributed by atoms with Crippen molar-refractivity contribution >= 4 is 29.7 Å². The van der Waals surface area contributed by atoms with Crippen molar-refractivity contribution in [1.82, 2.24) is 14.7 Å². The normalized spacial score (nSPS) is 22.5. The maximum absolute atomic E-state index is 13.4. The molecule has 4 rings (SSSR count). The minimum atomic E-state index is 0.00714. The van der Waals surface area contributed by atoms with Gasteiger partial charge in [0.2, 0.25) is 11.8 Å². The minimum Gasteiger partial charge on any atom is -0.340 e. The van der Waals surface area contributed by atoms with Crippen LogP contribution in [0.2, 0.25) is 0 Å². The Morgan fingerprint density at radius 1 is 0.900 bits per heavy atom. The van der Waals surface area contributed by atoms with Gasteiger partial charge in [-0.25, -0.2) is 0 Å². The van der Waals surface area contributed by atoms with E-state index in [4.69, 9.17) is 0 Å². The molecule has 0 spiro atoms. The molecule has 5 nitrogen and oxygen atoms in total. The van der Waals surface area contributed by atoms with Crippen molar-refractivity contribution in [2.24, 2.45) is 5.92 Å². The first-order valence-electron chi connectivity index (χ1n) is 11.3. The Bertz CT molecular complexity index is 734. The summed E-state index contributed by atoms with van der Waals surface area (Å²) < 4.78 is 0. The lowest BCUT2D eigenvalue weighted by atomic mass is 9.94. The first kappa shape index (κ1) is 21.4. The van der Waals surface area contributed by atoms with Crippen molar-refractivity contribution in [3.8, 4) is 0 Å². The van der Waals surface area contributed by atoms with Gasteiger partial charge in [-0.15, -0.1) is 0 Å². The highest BCUT2D eigenvalue weighted by molar-refractivity contribution is 7.99. The van der Waals surface area contributed by atoms with Gasteiger partial charge in [0.15, 0.2) is 0 Å². The fourth-order valence-electron chi connectivity index (χ4n) is 4.96. The van der Waals surface area contributed by atoms with Gasteiger partial charge in [0.05, 0.1) is 6.04 Å². The van der Waals surface area contributed by atoms with E-state index in [0.717, 1.165) is 56.1 Å². The van der Waals surface area contributed by atoms with E-state index in [2.05, 4.69) is 9.80 Å². The second-order valence-corrected chi connectivity index (χ2v) is 9.76. The molecule has 2 saturated heterocycles. The molecule has 1 aromatic carbocycles. The van der Waals surface area contributed by atoms with Crippen LogP contribution in [-0.4, -0.2) is 83.3 Å². The highest BCUT2D eigenvalue weighted by atomic mass is 32.2. The second kappa shape index (κ2) is 10.5. The van der Waals surface area contributed by atoms with Crippen LogP contribution in [0.1, 0.15) is 31.2 Å². The van der Waals surface area contributed by atoms with Crippen LogP contribution in [0.5, 0.6) is 0 Å². The van der Waals surface area contributed by atoms with Crippen molar-refractivity contribution in [2.75, 3.05) is 50.8 Å². The van der Waals surface area contributed by atoms with Crippen molar-refractivity contribution < 1.29 is 9.59 Å². The summed E-state index contributed by atoms with van der Waals surface area (Å²) in [7, 11) is 0. The first-order chi connectivity index (χ1) is 14.7. The summed E-state index contributed by atoms with van der Waals surface area (Å²) in [5.41, 5.74) is 1.04.